The summed E-state index contributed by atoms with van der Waals surface area (Å²) in [5, 5.41) is 3.80. The zero-order valence-corrected chi connectivity index (χ0v) is 14.4. The van der Waals surface area contributed by atoms with Crippen molar-refractivity contribution >= 4 is 66.6 Å². The van der Waals surface area contributed by atoms with Crippen LogP contribution in [0.15, 0.2) is 26.0 Å². The average molecular weight is 420 g/mol. The molecule has 0 aliphatic carbocycles. The molecule has 1 N–H and O–H groups in total. The molecule has 0 saturated heterocycles. The summed E-state index contributed by atoms with van der Waals surface area (Å²) in [5.41, 5.74) is 0.503. The van der Waals surface area contributed by atoms with Gasteiger partial charge in [0.05, 0.1) is 20.8 Å². The third-order valence-corrected chi connectivity index (χ3v) is 5.73. The lowest BCUT2D eigenvalue weighted by atomic mass is 10.4. The molecule has 1 heterocycles. The smallest absolute Gasteiger partial charge is 0.265 e. The number of halogens is 4. The number of aromatic nitrogens is 1. The lowest BCUT2D eigenvalue weighted by Gasteiger charge is -2.08. The van der Waals surface area contributed by atoms with Crippen molar-refractivity contribution in [3.8, 4) is 0 Å². The molecule has 0 aliphatic heterocycles. The van der Waals surface area contributed by atoms with Gasteiger partial charge in [-0.1, -0.05) is 40.0 Å². The molecule has 0 spiro atoms. The largest absolute Gasteiger partial charge is 0.336 e. The van der Waals surface area contributed by atoms with Crippen molar-refractivity contribution in [3.63, 3.8) is 0 Å². The van der Waals surface area contributed by atoms with E-state index in [0.717, 1.165) is 6.07 Å². The normalized spacial score (nSPS) is 11.7. The molecule has 20 heavy (non-hydrogen) atoms. The Kier molecular flexibility index (Phi) is 4.56. The number of sulfonamides is 1. The van der Waals surface area contributed by atoms with Crippen LogP contribution in [0.5, 0.6) is 0 Å². The Morgan fingerprint density at radius 2 is 1.80 bits per heavy atom. The van der Waals surface area contributed by atoms with Crippen LogP contribution < -0.4 is 4.72 Å². The lowest BCUT2D eigenvalue weighted by molar-refractivity contribution is 0.430. The van der Waals surface area contributed by atoms with Gasteiger partial charge < -0.3 is 4.52 Å². The molecule has 10 heteroatoms. The highest BCUT2D eigenvalue weighted by molar-refractivity contribution is 9.10. The van der Waals surface area contributed by atoms with Gasteiger partial charge in [0.25, 0.3) is 15.9 Å². The number of hydrogen-bond donors (Lipinski definition) is 1. The third kappa shape index (κ3) is 3.07. The van der Waals surface area contributed by atoms with Crippen LogP contribution in [-0.4, -0.2) is 13.6 Å². The second-order valence-corrected chi connectivity index (χ2v) is 7.38. The first-order chi connectivity index (χ1) is 9.22. The standard InChI is InChI=1S/C10H6BrCl3N2O3S/c1-4-9(11)10(19-15-4)16-20(17,18)8-3-6(13)5(12)2-7(8)14/h2-3,16H,1H3. The van der Waals surface area contributed by atoms with Crippen molar-refractivity contribution in [1.82, 2.24) is 5.16 Å². The van der Waals surface area contributed by atoms with Gasteiger partial charge in [0.1, 0.15) is 9.37 Å². The average Bonchev–Trinajstić information content (AvgIpc) is 2.65. The van der Waals surface area contributed by atoms with E-state index < -0.39 is 10.0 Å². The molecule has 1 aromatic heterocycles. The minimum atomic E-state index is -3.98. The number of aryl methyl sites for hydroxylation is 1. The predicted octanol–water partition coefficient (Wildman–Crippen LogP) is 4.51. The van der Waals surface area contributed by atoms with Crippen molar-refractivity contribution in [2.24, 2.45) is 0 Å². The molecule has 2 rings (SSSR count). The molecule has 1 aromatic carbocycles. The van der Waals surface area contributed by atoms with E-state index in [1.165, 1.54) is 6.07 Å². The maximum absolute atomic E-state index is 12.2. The lowest BCUT2D eigenvalue weighted by Crippen LogP contribution is -2.13. The van der Waals surface area contributed by atoms with E-state index in [2.05, 4.69) is 25.8 Å². The number of hydrogen-bond acceptors (Lipinski definition) is 4. The fourth-order valence-corrected chi connectivity index (χ4v) is 3.68. The van der Waals surface area contributed by atoms with Crippen LogP contribution in [0.25, 0.3) is 0 Å². The van der Waals surface area contributed by atoms with Crippen molar-refractivity contribution in [2.45, 2.75) is 11.8 Å². The molecule has 0 amide bonds. The Bertz CT molecular complexity index is 776. The van der Waals surface area contributed by atoms with E-state index in [-0.39, 0.29) is 25.8 Å². The molecule has 0 unspecified atom stereocenters. The van der Waals surface area contributed by atoms with Crippen LogP contribution in [0.1, 0.15) is 5.69 Å². The summed E-state index contributed by atoms with van der Waals surface area (Å²) in [6.07, 6.45) is 0. The van der Waals surface area contributed by atoms with Crippen molar-refractivity contribution in [3.05, 3.63) is 37.4 Å². The van der Waals surface area contributed by atoms with Gasteiger partial charge >= 0.3 is 0 Å². The van der Waals surface area contributed by atoms with Gasteiger partial charge in [0.15, 0.2) is 0 Å². The van der Waals surface area contributed by atoms with Gasteiger partial charge in [0.2, 0.25) is 0 Å². The second-order valence-electron chi connectivity index (χ2n) is 3.71. The van der Waals surface area contributed by atoms with E-state index >= 15 is 0 Å². The predicted molar refractivity (Wildman–Crippen MR) is 81.2 cm³/mol. The number of anilines is 1. The molecule has 108 valence electrons. The summed E-state index contributed by atoms with van der Waals surface area (Å²) in [7, 11) is -3.98. The second kappa shape index (κ2) is 5.73. The Balaban J connectivity index is 2.46. The Morgan fingerprint density at radius 1 is 1.20 bits per heavy atom. The minimum absolute atomic E-state index is 0.0513. The highest BCUT2D eigenvalue weighted by atomic mass is 79.9. The Morgan fingerprint density at radius 3 is 2.35 bits per heavy atom. The summed E-state index contributed by atoms with van der Waals surface area (Å²) >= 11 is 20.6. The summed E-state index contributed by atoms with van der Waals surface area (Å²) in [4.78, 5) is -0.213. The molecule has 2 aromatic rings. The molecular formula is C10H6BrCl3N2O3S. The Labute approximate surface area is 138 Å². The summed E-state index contributed by atoms with van der Waals surface area (Å²) in [5.74, 6) is -0.0513. The molecular weight excluding hydrogens is 414 g/mol. The summed E-state index contributed by atoms with van der Waals surface area (Å²) in [6, 6.07) is 2.41. The van der Waals surface area contributed by atoms with E-state index in [9.17, 15) is 8.42 Å². The molecule has 0 saturated carbocycles. The first-order valence-electron chi connectivity index (χ1n) is 5.01. The quantitative estimate of drug-likeness (QED) is 0.742. The first kappa shape index (κ1) is 15.9. The zero-order valence-electron chi connectivity index (χ0n) is 9.75. The van der Waals surface area contributed by atoms with E-state index in [1.54, 1.807) is 6.92 Å². The van der Waals surface area contributed by atoms with Crippen LogP contribution in [0.4, 0.5) is 5.88 Å². The summed E-state index contributed by atoms with van der Waals surface area (Å²) < 4.78 is 32.0. The number of nitrogens with zero attached hydrogens (tertiary/aromatic N) is 1. The Hall–Kier alpha value is -0.470. The highest BCUT2D eigenvalue weighted by Crippen LogP contribution is 2.34. The molecule has 0 aliphatic rings. The molecule has 0 atom stereocenters. The number of rotatable bonds is 3. The molecule has 0 fully saturated rings. The fourth-order valence-electron chi connectivity index (χ4n) is 1.31. The van der Waals surface area contributed by atoms with Crippen LogP contribution >= 0.6 is 50.7 Å². The van der Waals surface area contributed by atoms with Gasteiger partial charge in [-0.3, -0.25) is 0 Å². The minimum Gasteiger partial charge on any atom is -0.336 e. The van der Waals surface area contributed by atoms with Gasteiger partial charge in [-0.2, -0.15) is 0 Å². The first-order valence-corrected chi connectivity index (χ1v) is 8.42. The van der Waals surface area contributed by atoms with Crippen molar-refractivity contribution in [2.75, 3.05) is 4.72 Å². The molecule has 5 nitrogen and oxygen atoms in total. The number of nitrogens with one attached hydrogen (secondary N) is 1. The van der Waals surface area contributed by atoms with Crippen LogP contribution in [-0.2, 0) is 10.0 Å². The fraction of sp³-hybridized carbons (Fsp3) is 0.100. The zero-order chi connectivity index (χ0) is 15.1. The van der Waals surface area contributed by atoms with E-state index in [4.69, 9.17) is 39.3 Å². The molecule has 0 bridgehead atoms. The van der Waals surface area contributed by atoms with Crippen LogP contribution in [0.2, 0.25) is 15.1 Å². The van der Waals surface area contributed by atoms with Crippen LogP contribution in [0.3, 0.4) is 0 Å². The van der Waals surface area contributed by atoms with Gasteiger partial charge in [-0.05, 0) is 35.0 Å². The highest BCUT2D eigenvalue weighted by Gasteiger charge is 2.23. The monoisotopic (exact) mass is 418 g/mol. The van der Waals surface area contributed by atoms with Gasteiger partial charge in [0, 0.05) is 0 Å². The van der Waals surface area contributed by atoms with E-state index in [1.807, 2.05) is 0 Å². The van der Waals surface area contributed by atoms with Gasteiger partial charge in [-0.15, -0.1) is 0 Å². The number of benzene rings is 1. The third-order valence-electron chi connectivity index (χ3n) is 2.28. The SMILES string of the molecule is Cc1noc(NS(=O)(=O)c2cc(Cl)c(Cl)cc2Cl)c1Br. The maximum Gasteiger partial charge on any atom is 0.265 e. The topological polar surface area (TPSA) is 72.2 Å². The van der Waals surface area contributed by atoms with Gasteiger partial charge in [-0.25, -0.2) is 13.1 Å². The van der Waals surface area contributed by atoms with Crippen molar-refractivity contribution in [1.29, 1.82) is 0 Å². The van der Waals surface area contributed by atoms with E-state index in [0.29, 0.717) is 10.2 Å². The maximum atomic E-state index is 12.2. The van der Waals surface area contributed by atoms with Crippen LogP contribution in [0, 0.1) is 6.92 Å². The summed E-state index contributed by atoms with van der Waals surface area (Å²) in [6.45, 7) is 1.65. The molecule has 0 radical (unpaired) electrons. The van der Waals surface area contributed by atoms with Crippen molar-refractivity contribution < 1.29 is 12.9 Å².